The molecule has 2 fully saturated rings. The Bertz CT molecular complexity index is 816. The van der Waals surface area contributed by atoms with Crippen molar-refractivity contribution in [2.24, 2.45) is 0 Å². The van der Waals surface area contributed by atoms with Gasteiger partial charge < -0.3 is 10.2 Å². The van der Waals surface area contributed by atoms with E-state index in [0.29, 0.717) is 25.3 Å². The van der Waals surface area contributed by atoms with Gasteiger partial charge in [-0.2, -0.15) is 4.31 Å². The number of nitrogens with one attached hydrogen (secondary N) is 1. The average molecular weight is 440 g/mol. The Morgan fingerprint density at radius 1 is 1.00 bits per heavy atom. The van der Waals surface area contributed by atoms with Crippen molar-refractivity contribution < 1.29 is 13.3 Å². The average Bonchev–Trinajstić information content (AvgIpc) is 3.04. The van der Waals surface area contributed by atoms with Gasteiger partial charge in [-0.3, -0.25) is 15.0 Å². The summed E-state index contributed by atoms with van der Waals surface area (Å²) in [7, 11) is -3.72. The number of hydrogen-bond donors (Lipinski definition) is 1. The molecule has 168 valence electrons. The van der Waals surface area contributed by atoms with Crippen molar-refractivity contribution in [3.8, 4) is 0 Å². The number of nitro groups is 1. The van der Waals surface area contributed by atoms with Gasteiger partial charge in [-0.1, -0.05) is 19.8 Å². The van der Waals surface area contributed by atoms with Gasteiger partial charge >= 0.3 is 0 Å². The van der Waals surface area contributed by atoms with E-state index in [0.717, 1.165) is 65.0 Å². The smallest absolute Gasteiger partial charge is 0.293 e. The highest BCUT2D eigenvalue weighted by Crippen LogP contribution is 2.29. The third-order valence-electron chi connectivity index (χ3n) is 6.02. The minimum Gasteiger partial charge on any atom is -0.378 e. The molecule has 0 spiro atoms. The molecule has 0 amide bonds. The van der Waals surface area contributed by atoms with Crippen molar-refractivity contribution in [3.63, 3.8) is 0 Å². The Kier molecular flexibility index (Phi) is 8.04. The third kappa shape index (κ3) is 5.69. The highest BCUT2D eigenvalue weighted by molar-refractivity contribution is 7.89. The molecule has 2 saturated heterocycles. The van der Waals surface area contributed by atoms with Gasteiger partial charge in [0.05, 0.1) is 9.82 Å². The molecule has 3 rings (SSSR count). The molecular formula is C20H33N5O4S. The maximum atomic E-state index is 13.0. The maximum Gasteiger partial charge on any atom is 0.293 e. The first-order chi connectivity index (χ1) is 14.4. The van der Waals surface area contributed by atoms with E-state index in [9.17, 15) is 18.5 Å². The molecule has 0 saturated carbocycles. The molecule has 0 atom stereocenters. The molecule has 1 aromatic carbocycles. The molecule has 0 bridgehead atoms. The van der Waals surface area contributed by atoms with Crippen molar-refractivity contribution >= 4 is 21.4 Å². The largest absolute Gasteiger partial charge is 0.378 e. The second kappa shape index (κ2) is 10.5. The minimum atomic E-state index is -3.72. The number of piperazine rings is 1. The number of hydrogen-bond acceptors (Lipinski definition) is 7. The van der Waals surface area contributed by atoms with Crippen LogP contribution >= 0.6 is 0 Å². The number of nitro benzene ring substituents is 1. The summed E-state index contributed by atoms with van der Waals surface area (Å²) in [6.45, 7) is 9.60. The second-order valence-corrected chi connectivity index (χ2v) is 9.89. The predicted octanol–water partition coefficient (Wildman–Crippen LogP) is 2.21. The predicted molar refractivity (Wildman–Crippen MR) is 117 cm³/mol. The fraction of sp³-hybridized carbons (Fsp3) is 0.700. The highest BCUT2D eigenvalue weighted by Gasteiger charge is 2.28. The molecule has 1 N–H and O–H groups in total. The molecule has 2 heterocycles. The molecule has 0 radical (unpaired) electrons. The number of likely N-dealkylation sites (N-methyl/N-ethyl adjacent to an activating group) is 1. The van der Waals surface area contributed by atoms with Crippen LogP contribution in [0.15, 0.2) is 23.1 Å². The van der Waals surface area contributed by atoms with Crippen LogP contribution in [0.4, 0.5) is 11.4 Å². The summed E-state index contributed by atoms with van der Waals surface area (Å²) >= 11 is 0. The lowest BCUT2D eigenvalue weighted by Gasteiger charge is -2.34. The van der Waals surface area contributed by atoms with E-state index in [2.05, 4.69) is 22.0 Å². The van der Waals surface area contributed by atoms with E-state index in [1.165, 1.54) is 22.5 Å². The van der Waals surface area contributed by atoms with Crippen LogP contribution in [0.5, 0.6) is 0 Å². The first kappa shape index (κ1) is 22.9. The van der Waals surface area contributed by atoms with Gasteiger partial charge in [0.2, 0.25) is 10.0 Å². The second-order valence-electron chi connectivity index (χ2n) is 7.96. The fourth-order valence-electron chi connectivity index (χ4n) is 4.08. The zero-order chi connectivity index (χ0) is 21.6. The van der Waals surface area contributed by atoms with Crippen molar-refractivity contribution in [2.75, 3.05) is 64.2 Å². The topological polar surface area (TPSA) is 99.0 Å². The molecule has 0 unspecified atom stereocenters. The first-order valence-electron chi connectivity index (χ1n) is 10.9. The van der Waals surface area contributed by atoms with Crippen LogP contribution in [-0.4, -0.2) is 86.3 Å². The summed E-state index contributed by atoms with van der Waals surface area (Å²) in [6, 6.07) is 4.20. The molecule has 9 nitrogen and oxygen atoms in total. The van der Waals surface area contributed by atoms with Gasteiger partial charge in [0.25, 0.3) is 5.69 Å². The van der Waals surface area contributed by atoms with Crippen molar-refractivity contribution in [1.29, 1.82) is 0 Å². The van der Waals surface area contributed by atoms with E-state index in [-0.39, 0.29) is 10.6 Å². The van der Waals surface area contributed by atoms with E-state index in [4.69, 9.17) is 0 Å². The third-order valence-corrected chi connectivity index (χ3v) is 7.92. The summed E-state index contributed by atoms with van der Waals surface area (Å²) in [5, 5.41) is 14.7. The van der Waals surface area contributed by atoms with Crippen LogP contribution in [0.2, 0.25) is 0 Å². The lowest BCUT2D eigenvalue weighted by atomic mass is 10.2. The van der Waals surface area contributed by atoms with Gasteiger partial charge in [-0.25, -0.2) is 8.42 Å². The Morgan fingerprint density at radius 3 is 2.23 bits per heavy atom. The van der Waals surface area contributed by atoms with Gasteiger partial charge in [0.15, 0.2) is 0 Å². The first-order valence-corrected chi connectivity index (χ1v) is 12.3. The molecule has 10 heteroatoms. The van der Waals surface area contributed by atoms with Crippen LogP contribution in [0.1, 0.15) is 32.6 Å². The Hall–Kier alpha value is -1.75. The van der Waals surface area contributed by atoms with Gasteiger partial charge in [0.1, 0.15) is 5.69 Å². The molecule has 30 heavy (non-hydrogen) atoms. The number of sulfonamides is 1. The monoisotopic (exact) mass is 439 g/mol. The van der Waals surface area contributed by atoms with E-state index in [1.807, 2.05) is 0 Å². The lowest BCUT2D eigenvalue weighted by molar-refractivity contribution is -0.384. The van der Waals surface area contributed by atoms with E-state index >= 15 is 0 Å². The Morgan fingerprint density at radius 2 is 1.63 bits per heavy atom. The molecule has 1 aromatic rings. The minimum absolute atomic E-state index is 0.00247. The van der Waals surface area contributed by atoms with Crippen molar-refractivity contribution in [1.82, 2.24) is 14.1 Å². The molecule has 0 aromatic heterocycles. The number of benzene rings is 1. The quantitative estimate of drug-likeness (QED) is 0.490. The van der Waals surface area contributed by atoms with Gasteiger partial charge in [0, 0.05) is 58.4 Å². The highest BCUT2D eigenvalue weighted by atomic mass is 32.2. The van der Waals surface area contributed by atoms with Crippen molar-refractivity contribution in [2.45, 2.75) is 37.5 Å². The Balaban J connectivity index is 1.65. The van der Waals surface area contributed by atoms with E-state index in [1.54, 1.807) is 0 Å². The Labute approximate surface area is 179 Å². The lowest BCUT2D eigenvalue weighted by Crippen LogP contribution is -2.47. The van der Waals surface area contributed by atoms with Gasteiger partial charge in [-0.15, -0.1) is 0 Å². The van der Waals surface area contributed by atoms with Crippen LogP contribution in [-0.2, 0) is 10.0 Å². The number of nitrogens with zero attached hydrogens (tertiary/aromatic N) is 4. The number of rotatable bonds is 8. The molecule has 2 aliphatic rings. The summed E-state index contributed by atoms with van der Waals surface area (Å²) in [5.41, 5.74) is 0.170. The van der Waals surface area contributed by atoms with Crippen LogP contribution in [0, 0.1) is 10.1 Å². The summed E-state index contributed by atoms with van der Waals surface area (Å²) in [6.07, 6.45) is 3.69. The summed E-state index contributed by atoms with van der Waals surface area (Å²) in [5.74, 6) is 0. The van der Waals surface area contributed by atoms with E-state index < -0.39 is 14.9 Å². The molecule has 0 aliphatic carbocycles. The van der Waals surface area contributed by atoms with Crippen LogP contribution in [0.25, 0.3) is 0 Å². The number of anilines is 1. The zero-order valence-electron chi connectivity index (χ0n) is 17.8. The summed E-state index contributed by atoms with van der Waals surface area (Å²) < 4.78 is 27.4. The SMILES string of the molecule is CCN1CCN(CCNc2ccc(S(=O)(=O)N3CCCCCC3)cc2[N+](=O)[O-])CC1. The van der Waals surface area contributed by atoms with Gasteiger partial charge in [-0.05, 0) is 31.5 Å². The van der Waals surface area contributed by atoms with Crippen molar-refractivity contribution in [3.05, 3.63) is 28.3 Å². The zero-order valence-corrected chi connectivity index (χ0v) is 18.6. The normalized spacial score (nSPS) is 20.0. The fourth-order valence-corrected chi connectivity index (χ4v) is 5.62. The standard InChI is InChI=1S/C20H33N5O4S/c1-2-22-13-15-23(16-14-22)12-9-21-19-8-7-18(17-20(19)25(26)27)30(28,29)24-10-5-3-4-6-11-24/h7-8,17,21H,2-6,9-16H2,1H3. The summed E-state index contributed by atoms with van der Waals surface area (Å²) in [4.78, 5) is 15.8. The van der Waals surface area contributed by atoms with Crippen LogP contribution < -0.4 is 5.32 Å². The van der Waals surface area contributed by atoms with Crippen LogP contribution in [0.3, 0.4) is 0 Å². The molecular weight excluding hydrogens is 406 g/mol. The maximum absolute atomic E-state index is 13.0. The molecule has 2 aliphatic heterocycles.